The molecule has 2 amide bonds. The summed E-state index contributed by atoms with van der Waals surface area (Å²) < 4.78 is 0. The van der Waals surface area contributed by atoms with E-state index in [9.17, 15) is 9.59 Å². The molecule has 1 aromatic heterocycles. The van der Waals surface area contributed by atoms with Crippen LogP contribution in [0.25, 0.3) is 0 Å². The van der Waals surface area contributed by atoms with Crippen LogP contribution in [0.1, 0.15) is 53.2 Å². The quantitative estimate of drug-likeness (QED) is 0.811. The Hall–Kier alpha value is -1.92. The van der Waals surface area contributed by atoms with E-state index in [0.717, 1.165) is 36.4 Å². The predicted octanol–water partition coefficient (Wildman–Crippen LogP) is 4.19. The van der Waals surface area contributed by atoms with Crippen LogP contribution in [0, 0.1) is 12.8 Å². The lowest BCUT2D eigenvalue weighted by Crippen LogP contribution is -2.49. The maximum absolute atomic E-state index is 13.3. The molecule has 2 aliphatic rings. The van der Waals surface area contributed by atoms with Gasteiger partial charge in [-0.05, 0) is 50.3 Å². The van der Waals surface area contributed by atoms with E-state index in [0.29, 0.717) is 23.0 Å². The molecule has 1 saturated heterocycles. The van der Waals surface area contributed by atoms with Crippen molar-refractivity contribution < 1.29 is 9.59 Å². The summed E-state index contributed by atoms with van der Waals surface area (Å²) in [4.78, 5) is 32.6. The minimum Gasteiger partial charge on any atom is -0.349 e. The van der Waals surface area contributed by atoms with Crippen LogP contribution in [0.3, 0.4) is 0 Å². The van der Waals surface area contributed by atoms with Gasteiger partial charge in [0.2, 0.25) is 5.91 Å². The number of fused-ring (bicyclic) bond motifs is 1. The lowest BCUT2D eigenvalue weighted by Gasteiger charge is -2.33. The second-order valence-corrected chi connectivity index (χ2v) is 9.16. The average Bonchev–Trinajstić information content (AvgIpc) is 3.29. The van der Waals surface area contributed by atoms with Gasteiger partial charge < -0.3 is 10.2 Å². The van der Waals surface area contributed by atoms with Crippen LogP contribution in [0.15, 0.2) is 29.6 Å². The number of amides is 2. The number of hydrogen-bond donors (Lipinski definition) is 1. The number of likely N-dealkylation sites (tertiary alicyclic amines) is 1. The van der Waals surface area contributed by atoms with Crippen molar-refractivity contribution in [1.82, 2.24) is 15.2 Å². The van der Waals surface area contributed by atoms with E-state index in [4.69, 9.17) is 11.6 Å². The fraction of sp³-hybridized carbons (Fsp3) is 0.476. The number of hydrogen-bond acceptors (Lipinski definition) is 4. The minimum absolute atomic E-state index is 0.0876. The smallest absolute Gasteiger partial charge is 0.254 e. The second kappa shape index (κ2) is 8.21. The first kappa shape index (κ1) is 19.4. The monoisotopic (exact) mass is 417 g/mol. The van der Waals surface area contributed by atoms with E-state index in [2.05, 4.69) is 10.3 Å². The molecule has 28 heavy (non-hydrogen) atoms. The molecule has 1 aliphatic heterocycles. The van der Waals surface area contributed by atoms with Gasteiger partial charge >= 0.3 is 0 Å². The molecule has 148 valence electrons. The first-order valence-corrected chi connectivity index (χ1v) is 11.1. The molecule has 5 nitrogen and oxygen atoms in total. The zero-order chi connectivity index (χ0) is 19.7. The number of benzene rings is 1. The van der Waals surface area contributed by atoms with Gasteiger partial charge in [-0.25, -0.2) is 4.98 Å². The zero-order valence-electron chi connectivity index (χ0n) is 15.9. The van der Waals surface area contributed by atoms with E-state index in [1.54, 1.807) is 35.6 Å². The Morgan fingerprint density at radius 3 is 2.89 bits per heavy atom. The van der Waals surface area contributed by atoms with Crippen molar-refractivity contribution >= 4 is 34.8 Å². The van der Waals surface area contributed by atoms with Gasteiger partial charge in [0.05, 0.1) is 17.2 Å². The number of carbonyl (C=O) groups is 2. The maximum atomic E-state index is 13.3. The van der Waals surface area contributed by atoms with E-state index in [1.165, 1.54) is 6.42 Å². The van der Waals surface area contributed by atoms with E-state index in [-0.39, 0.29) is 17.9 Å². The first-order valence-electron chi connectivity index (χ1n) is 9.80. The molecule has 1 N–H and O–H groups in total. The summed E-state index contributed by atoms with van der Waals surface area (Å²) in [6.45, 7) is 2.34. The van der Waals surface area contributed by atoms with Gasteiger partial charge in [0.25, 0.3) is 5.91 Å². The standard InChI is InChI=1S/C21H24ClN3O2S/c1-13-24-17(12-28-13)11-23-20(26)19-10-14-5-2-3-8-18(14)25(19)21(27)15-6-4-7-16(22)9-15/h4,6-7,9,12,14,18-19H,2-3,5,8,10-11H2,1H3,(H,23,26)/t14-,18-,19-/m0/s1. The molecular formula is C21H24ClN3O2S. The number of halogens is 1. The Morgan fingerprint density at radius 1 is 1.32 bits per heavy atom. The first-order chi connectivity index (χ1) is 13.5. The molecule has 7 heteroatoms. The number of aromatic nitrogens is 1. The average molecular weight is 418 g/mol. The van der Waals surface area contributed by atoms with Gasteiger partial charge in [0, 0.05) is 22.0 Å². The number of aryl methyl sites for hydroxylation is 1. The van der Waals surface area contributed by atoms with Gasteiger partial charge in [-0.1, -0.05) is 30.5 Å². The molecule has 2 aromatic rings. The fourth-order valence-corrected chi connectivity index (χ4v) is 5.34. The normalized spacial score (nSPS) is 24.1. The van der Waals surface area contributed by atoms with Gasteiger partial charge in [0.15, 0.2) is 0 Å². The Bertz CT molecular complexity index is 884. The molecule has 1 aromatic carbocycles. The van der Waals surface area contributed by atoms with Crippen LogP contribution in [-0.4, -0.2) is 33.8 Å². The van der Waals surface area contributed by atoms with Gasteiger partial charge in [-0.15, -0.1) is 11.3 Å². The third-order valence-corrected chi connectivity index (χ3v) is 6.86. The molecule has 2 fully saturated rings. The lowest BCUT2D eigenvalue weighted by molar-refractivity contribution is -0.125. The number of nitrogens with one attached hydrogen (secondary N) is 1. The highest BCUT2D eigenvalue weighted by Crippen LogP contribution is 2.40. The third-order valence-electron chi connectivity index (χ3n) is 5.81. The highest BCUT2D eigenvalue weighted by Gasteiger charge is 2.47. The Balaban J connectivity index is 1.54. The van der Waals surface area contributed by atoms with Crippen molar-refractivity contribution in [2.45, 2.75) is 57.7 Å². The Morgan fingerprint density at radius 2 is 2.14 bits per heavy atom. The predicted molar refractivity (Wildman–Crippen MR) is 110 cm³/mol. The Kier molecular flexibility index (Phi) is 5.69. The molecule has 0 spiro atoms. The molecular weight excluding hydrogens is 394 g/mol. The molecule has 3 atom stereocenters. The topological polar surface area (TPSA) is 62.3 Å². The van der Waals surface area contributed by atoms with Crippen molar-refractivity contribution in [2.75, 3.05) is 0 Å². The highest BCUT2D eigenvalue weighted by atomic mass is 35.5. The SMILES string of the molecule is Cc1nc(CNC(=O)[C@@H]2C[C@@H]3CCCC[C@@H]3N2C(=O)c2cccc(Cl)c2)cs1. The van der Waals surface area contributed by atoms with Crippen molar-refractivity contribution in [2.24, 2.45) is 5.92 Å². The summed E-state index contributed by atoms with van der Waals surface area (Å²) in [6.07, 6.45) is 5.06. The van der Waals surface area contributed by atoms with Crippen LogP contribution < -0.4 is 5.32 Å². The van der Waals surface area contributed by atoms with Crippen LogP contribution in [0.4, 0.5) is 0 Å². The lowest BCUT2D eigenvalue weighted by atomic mass is 9.84. The largest absolute Gasteiger partial charge is 0.349 e. The number of thiazole rings is 1. The molecule has 1 saturated carbocycles. The summed E-state index contributed by atoms with van der Waals surface area (Å²) in [5.41, 5.74) is 1.41. The zero-order valence-corrected chi connectivity index (χ0v) is 17.4. The second-order valence-electron chi connectivity index (χ2n) is 7.66. The summed E-state index contributed by atoms with van der Waals surface area (Å²) in [5, 5.41) is 6.47. The van der Waals surface area contributed by atoms with Crippen molar-refractivity contribution in [1.29, 1.82) is 0 Å². The summed E-state index contributed by atoms with van der Waals surface area (Å²) >= 11 is 7.66. The van der Waals surface area contributed by atoms with E-state index in [1.807, 2.05) is 17.2 Å². The fourth-order valence-electron chi connectivity index (χ4n) is 4.54. The van der Waals surface area contributed by atoms with Crippen LogP contribution in [-0.2, 0) is 11.3 Å². The number of nitrogens with zero attached hydrogens (tertiary/aromatic N) is 2. The van der Waals surface area contributed by atoms with Gasteiger partial charge in [-0.2, -0.15) is 0 Å². The molecule has 0 unspecified atom stereocenters. The van der Waals surface area contributed by atoms with Crippen LogP contribution >= 0.6 is 22.9 Å². The summed E-state index contributed by atoms with van der Waals surface area (Å²) in [7, 11) is 0. The maximum Gasteiger partial charge on any atom is 0.254 e. The number of carbonyl (C=O) groups excluding carboxylic acids is 2. The van der Waals surface area contributed by atoms with E-state index < -0.39 is 6.04 Å². The minimum atomic E-state index is -0.431. The number of rotatable bonds is 4. The molecule has 4 rings (SSSR count). The van der Waals surface area contributed by atoms with Gasteiger partial charge in [0.1, 0.15) is 6.04 Å². The molecule has 0 radical (unpaired) electrons. The van der Waals surface area contributed by atoms with Crippen molar-refractivity contribution in [3.05, 3.63) is 50.9 Å². The summed E-state index contributed by atoms with van der Waals surface area (Å²) in [6, 6.07) is 6.71. The Labute approximate surface area is 174 Å². The molecule has 2 heterocycles. The third kappa shape index (κ3) is 3.94. The van der Waals surface area contributed by atoms with Crippen LogP contribution in [0.5, 0.6) is 0 Å². The van der Waals surface area contributed by atoms with Crippen molar-refractivity contribution in [3.63, 3.8) is 0 Å². The van der Waals surface area contributed by atoms with Crippen LogP contribution in [0.2, 0.25) is 5.02 Å². The molecule has 1 aliphatic carbocycles. The van der Waals surface area contributed by atoms with Crippen molar-refractivity contribution in [3.8, 4) is 0 Å². The molecule has 0 bridgehead atoms. The highest BCUT2D eigenvalue weighted by molar-refractivity contribution is 7.09. The summed E-state index contributed by atoms with van der Waals surface area (Å²) in [5.74, 6) is 0.214. The van der Waals surface area contributed by atoms with Gasteiger partial charge in [-0.3, -0.25) is 9.59 Å². The van der Waals surface area contributed by atoms with E-state index >= 15 is 0 Å².